The van der Waals surface area contributed by atoms with Crippen LogP contribution in [0, 0.1) is 10.8 Å². The number of benzene rings is 1. The van der Waals surface area contributed by atoms with E-state index in [1.807, 2.05) is 23.1 Å². The average Bonchev–Trinajstić information content (AvgIpc) is 2.58. The van der Waals surface area contributed by atoms with E-state index in [0.717, 1.165) is 25.1 Å². The number of amides is 2. The number of hydrogen-bond acceptors (Lipinski definition) is 1. The number of likely N-dealkylation sites (tertiary alicyclic amines) is 1. The maximum absolute atomic E-state index is 12.6. The van der Waals surface area contributed by atoms with Crippen molar-refractivity contribution in [1.82, 2.24) is 4.90 Å². The van der Waals surface area contributed by atoms with Gasteiger partial charge in [-0.05, 0) is 48.3 Å². The first-order valence-electron chi connectivity index (χ1n) is 7.60. The van der Waals surface area contributed by atoms with Gasteiger partial charge in [-0.1, -0.05) is 38.4 Å². The Labute approximate surface area is 131 Å². The Morgan fingerprint density at radius 1 is 1.33 bits per heavy atom. The van der Waals surface area contributed by atoms with Crippen molar-refractivity contribution in [2.75, 3.05) is 11.9 Å². The highest BCUT2D eigenvalue weighted by atomic mass is 35.5. The van der Waals surface area contributed by atoms with Crippen molar-refractivity contribution in [2.45, 2.75) is 46.1 Å². The molecule has 1 saturated carbocycles. The summed E-state index contributed by atoms with van der Waals surface area (Å²) in [6.07, 6.45) is 3.41. The maximum Gasteiger partial charge on any atom is 0.322 e. The number of hydrogen-bond donors (Lipinski definition) is 1. The molecule has 2 aliphatic rings. The number of halogens is 1. The highest BCUT2D eigenvalue weighted by Crippen LogP contribution is 2.52. The zero-order chi connectivity index (χ0) is 15.3. The van der Waals surface area contributed by atoms with Gasteiger partial charge in [0.15, 0.2) is 0 Å². The fourth-order valence-corrected chi connectivity index (χ4v) is 4.65. The zero-order valence-corrected chi connectivity index (χ0v) is 13.7. The highest BCUT2D eigenvalue weighted by Gasteiger charge is 2.50. The number of carbonyl (C=O) groups excluding carboxylic acids is 1. The second-order valence-corrected chi connectivity index (χ2v) is 8.22. The Morgan fingerprint density at radius 3 is 2.81 bits per heavy atom. The lowest BCUT2D eigenvalue weighted by Gasteiger charge is -2.39. The van der Waals surface area contributed by atoms with Crippen molar-refractivity contribution in [2.24, 2.45) is 10.8 Å². The number of rotatable bonds is 1. The van der Waals surface area contributed by atoms with Gasteiger partial charge in [-0.3, -0.25) is 0 Å². The van der Waals surface area contributed by atoms with Crippen LogP contribution in [0.1, 0.15) is 40.0 Å². The Hall–Kier alpha value is -1.22. The summed E-state index contributed by atoms with van der Waals surface area (Å²) in [5.41, 5.74) is 1.35. The van der Waals surface area contributed by atoms with Crippen LogP contribution in [0.4, 0.5) is 10.5 Å². The molecule has 2 bridgehead atoms. The van der Waals surface area contributed by atoms with E-state index in [2.05, 4.69) is 26.1 Å². The molecule has 3 rings (SSSR count). The van der Waals surface area contributed by atoms with E-state index in [0.29, 0.717) is 16.5 Å². The van der Waals surface area contributed by atoms with E-state index in [-0.39, 0.29) is 11.4 Å². The van der Waals surface area contributed by atoms with E-state index in [9.17, 15) is 4.79 Å². The molecule has 1 saturated heterocycles. The van der Waals surface area contributed by atoms with Crippen LogP contribution in [0.15, 0.2) is 24.3 Å². The van der Waals surface area contributed by atoms with Crippen LogP contribution >= 0.6 is 11.6 Å². The summed E-state index contributed by atoms with van der Waals surface area (Å²) in [6.45, 7) is 7.80. The third-order valence-electron chi connectivity index (χ3n) is 4.75. The molecule has 1 aliphatic carbocycles. The van der Waals surface area contributed by atoms with Gasteiger partial charge in [0.05, 0.1) is 0 Å². The van der Waals surface area contributed by atoms with Gasteiger partial charge in [-0.15, -0.1) is 0 Å². The molecule has 4 heteroatoms. The van der Waals surface area contributed by atoms with Gasteiger partial charge in [0.1, 0.15) is 0 Å². The second-order valence-electron chi connectivity index (χ2n) is 7.78. The monoisotopic (exact) mass is 306 g/mol. The average molecular weight is 307 g/mol. The summed E-state index contributed by atoms with van der Waals surface area (Å²) < 4.78 is 0. The van der Waals surface area contributed by atoms with E-state index in [4.69, 9.17) is 11.6 Å². The van der Waals surface area contributed by atoms with Crippen LogP contribution in [0.2, 0.25) is 5.02 Å². The third kappa shape index (κ3) is 3.03. The molecule has 1 aliphatic heterocycles. The van der Waals surface area contributed by atoms with Gasteiger partial charge in [-0.2, -0.15) is 0 Å². The first-order valence-corrected chi connectivity index (χ1v) is 7.97. The number of urea groups is 1. The molecule has 2 atom stereocenters. The SMILES string of the molecule is CC1(C)C[C@@H]2C[C@@](C)(CN2C(=O)Nc2cccc(Cl)c2)C1. The number of nitrogens with zero attached hydrogens (tertiary/aromatic N) is 1. The van der Waals surface area contributed by atoms with Gasteiger partial charge >= 0.3 is 6.03 Å². The lowest BCUT2D eigenvalue weighted by molar-refractivity contribution is 0.130. The number of carbonyl (C=O) groups is 1. The van der Waals surface area contributed by atoms with E-state index >= 15 is 0 Å². The minimum atomic E-state index is 0.00342. The van der Waals surface area contributed by atoms with Crippen LogP contribution < -0.4 is 5.32 Å². The third-order valence-corrected chi connectivity index (χ3v) is 4.99. The lowest BCUT2D eigenvalue weighted by Crippen LogP contribution is -2.40. The van der Waals surface area contributed by atoms with E-state index in [1.54, 1.807) is 6.07 Å². The molecule has 0 radical (unpaired) electrons. The number of nitrogens with one attached hydrogen (secondary N) is 1. The second kappa shape index (κ2) is 4.91. The normalized spacial score (nSPS) is 30.3. The molecular weight excluding hydrogens is 284 g/mol. The number of fused-ring (bicyclic) bond motifs is 2. The molecule has 0 spiro atoms. The van der Waals surface area contributed by atoms with Crippen LogP contribution in [0.25, 0.3) is 0 Å². The summed E-state index contributed by atoms with van der Waals surface area (Å²) >= 11 is 5.97. The predicted octanol–water partition coefficient (Wildman–Crippen LogP) is 4.77. The summed E-state index contributed by atoms with van der Waals surface area (Å²) in [6, 6.07) is 7.68. The first-order chi connectivity index (χ1) is 9.76. The highest BCUT2D eigenvalue weighted by molar-refractivity contribution is 6.30. The van der Waals surface area contributed by atoms with Gasteiger partial charge < -0.3 is 10.2 Å². The quantitative estimate of drug-likeness (QED) is 0.796. The molecule has 3 nitrogen and oxygen atoms in total. The molecular formula is C17H23ClN2O. The molecule has 0 aromatic heterocycles. The molecule has 1 heterocycles. The van der Waals surface area contributed by atoms with Crippen molar-refractivity contribution in [3.63, 3.8) is 0 Å². The van der Waals surface area contributed by atoms with Gasteiger partial charge in [-0.25, -0.2) is 4.79 Å². The predicted molar refractivity (Wildman–Crippen MR) is 86.7 cm³/mol. The summed E-state index contributed by atoms with van der Waals surface area (Å²) in [7, 11) is 0. The molecule has 2 fully saturated rings. The van der Waals surface area contributed by atoms with E-state index < -0.39 is 0 Å². The molecule has 1 N–H and O–H groups in total. The van der Waals surface area contributed by atoms with Gasteiger partial charge in [0.25, 0.3) is 0 Å². The minimum absolute atomic E-state index is 0.00342. The summed E-state index contributed by atoms with van der Waals surface area (Å²) in [5, 5.41) is 3.62. The van der Waals surface area contributed by atoms with Crippen LogP contribution in [-0.4, -0.2) is 23.5 Å². The fourth-order valence-electron chi connectivity index (χ4n) is 4.46. The van der Waals surface area contributed by atoms with Crippen LogP contribution in [-0.2, 0) is 0 Å². The standard InChI is InChI=1S/C17H23ClN2O/c1-16(2)8-14-9-17(3,10-16)11-20(14)15(21)19-13-6-4-5-12(18)7-13/h4-7,14H,8-11H2,1-3H3,(H,19,21)/t14-,17-/m1/s1. The van der Waals surface area contributed by atoms with Gasteiger partial charge in [0, 0.05) is 23.3 Å². The van der Waals surface area contributed by atoms with Gasteiger partial charge in [0.2, 0.25) is 0 Å². The zero-order valence-electron chi connectivity index (χ0n) is 12.9. The Morgan fingerprint density at radius 2 is 2.10 bits per heavy atom. The van der Waals surface area contributed by atoms with Crippen molar-refractivity contribution >= 4 is 23.3 Å². The van der Waals surface area contributed by atoms with Crippen molar-refractivity contribution < 1.29 is 4.79 Å². The Bertz CT molecular complexity index is 572. The topological polar surface area (TPSA) is 32.3 Å². The summed E-state index contributed by atoms with van der Waals surface area (Å²) in [4.78, 5) is 14.6. The Kier molecular flexibility index (Phi) is 3.44. The minimum Gasteiger partial charge on any atom is -0.321 e. The first kappa shape index (κ1) is 14.7. The molecule has 1 aromatic carbocycles. The maximum atomic E-state index is 12.6. The lowest BCUT2D eigenvalue weighted by atomic mass is 9.65. The molecule has 21 heavy (non-hydrogen) atoms. The fraction of sp³-hybridized carbons (Fsp3) is 0.588. The van der Waals surface area contributed by atoms with Crippen LogP contribution in [0.3, 0.4) is 0 Å². The molecule has 2 amide bonds. The summed E-state index contributed by atoms with van der Waals surface area (Å²) in [5.74, 6) is 0. The largest absolute Gasteiger partial charge is 0.322 e. The Balaban J connectivity index is 1.74. The molecule has 0 unspecified atom stereocenters. The van der Waals surface area contributed by atoms with Crippen molar-refractivity contribution in [1.29, 1.82) is 0 Å². The molecule has 1 aromatic rings. The smallest absolute Gasteiger partial charge is 0.321 e. The van der Waals surface area contributed by atoms with Crippen molar-refractivity contribution in [3.8, 4) is 0 Å². The van der Waals surface area contributed by atoms with Crippen molar-refractivity contribution in [3.05, 3.63) is 29.3 Å². The molecule has 114 valence electrons. The number of anilines is 1. The van der Waals surface area contributed by atoms with Crippen LogP contribution in [0.5, 0.6) is 0 Å². The van der Waals surface area contributed by atoms with E-state index in [1.165, 1.54) is 6.42 Å².